The first-order valence-electron chi connectivity index (χ1n) is 10.8. The topological polar surface area (TPSA) is 112 Å². The number of carbonyl (C=O) groups is 1. The van der Waals surface area contributed by atoms with Crippen LogP contribution in [0.15, 0.2) is 63.9 Å². The van der Waals surface area contributed by atoms with Gasteiger partial charge in [0.25, 0.3) is 0 Å². The second-order valence-corrected chi connectivity index (χ2v) is 9.09. The molecule has 2 N–H and O–H groups in total. The third-order valence-corrected chi connectivity index (χ3v) is 7.24. The number of anilines is 1. The number of ether oxygens (including phenoxy) is 1. The van der Waals surface area contributed by atoms with Crippen molar-refractivity contribution in [3.05, 3.63) is 92.3 Å². The number of benzene rings is 2. The molecule has 5 rings (SSSR count). The van der Waals surface area contributed by atoms with Gasteiger partial charge in [0.2, 0.25) is 5.69 Å². The number of hydrogen-bond donors (Lipinski definition) is 2. The van der Waals surface area contributed by atoms with Crippen molar-refractivity contribution in [2.45, 2.75) is 25.2 Å². The van der Waals surface area contributed by atoms with Crippen LogP contribution in [0, 0.1) is 11.3 Å². The van der Waals surface area contributed by atoms with Gasteiger partial charge in [-0.25, -0.2) is 4.79 Å². The predicted molar refractivity (Wildman–Crippen MR) is 126 cm³/mol. The van der Waals surface area contributed by atoms with Crippen LogP contribution in [0.2, 0.25) is 0 Å². The highest BCUT2D eigenvalue weighted by Crippen LogP contribution is 2.42. The van der Waals surface area contributed by atoms with Crippen LogP contribution in [0.1, 0.15) is 44.4 Å². The van der Waals surface area contributed by atoms with Gasteiger partial charge in [0.05, 0.1) is 12.7 Å². The fourth-order valence-corrected chi connectivity index (χ4v) is 5.62. The van der Waals surface area contributed by atoms with Crippen molar-refractivity contribution in [3.63, 3.8) is 0 Å². The number of rotatable bonds is 5. The molecule has 0 fully saturated rings. The molecule has 1 atom stereocenters. The van der Waals surface area contributed by atoms with Gasteiger partial charge >= 0.3 is 17.2 Å². The molecule has 1 aliphatic rings. The zero-order valence-corrected chi connectivity index (χ0v) is 19.1. The summed E-state index contributed by atoms with van der Waals surface area (Å²) in [7, 11) is 1.55. The van der Waals surface area contributed by atoms with Crippen LogP contribution in [-0.2, 0) is 12.8 Å². The maximum Gasteiger partial charge on any atom is 0.441 e. The SMILES string of the molecule is COc1ccc(-[n+]2[nH]oc(=O)c2C(=O)Nc2sc3c(c2C#N)CCC(c2ccccc2)C3)cc1. The van der Waals surface area contributed by atoms with Gasteiger partial charge in [-0.2, -0.15) is 5.26 Å². The summed E-state index contributed by atoms with van der Waals surface area (Å²) in [4.78, 5) is 26.6. The summed E-state index contributed by atoms with van der Waals surface area (Å²) >= 11 is 1.40. The van der Waals surface area contributed by atoms with Crippen LogP contribution in [-0.4, -0.2) is 18.3 Å². The van der Waals surface area contributed by atoms with Gasteiger partial charge in [0.1, 0.15) is 16.8 Å². The molecular weight excluding hydrogens is 452 g/mol. The molecule has 0 radical (unpaired) electrons. The number of nitrogens with zero attached hydrogens (tertiary/aromatic N) is 2. The van der Waals surface area contributed by atoms with E-state index in [0.717, 1.165) is 29.7 Å². The van der Waals surface area contributed by atoms with Crippen molar-refractivity contribution in [2.24, 2.45) is 0 Å². The smallest absolute Gasteiger partial charge is 0.441 e. The highest BCUT2D eigenvalue weighted by Gasteiger charge is 2.33. The Morgan fingerprint density at radius 3 is 2.71 bits per heavy atom. The molecule has 1 amide bonds. The van der Waals surface area contributed by atoms with Crippen LogP contribution in [0.3, 0.4) is 0 Å². The van der Waals surface area contributed by atoms with Crippen molar-refractivity contribution in [3.8, 4) is 17.5 Å². The summed E-state index contributed by atoms with van der Waals surface area (Å²) in [6, 6.07) is 19.4. The number of thiophene rings is 1. The molecule has 0 spiro atoms. The van der Waals surface area contributed by atoms with Crippen molar-refractivity contribution in [1.82, 2.24) is 5.27 Å². The summed E-state index contributed by atoms with van der Waals surface area (Å²) in [6.45, 7) is 0. The molecule has 0 aliphatic heterocycles. The van der Waals surface area contributed by atoms with Gasteiger partial charge in [-0.3, -0.25) is 9.32 Å². The van der Waals surface area contributed by atoms with Gasteiger partial charge in [-0.15, -0.1) is 11.3 Å². The van der Waals surface area contributed by atoms with E-state index in [9.17, 15) is 14.9 Å². The number of aromatic amines is 1. The molecule has 0 bridgehead atoms. The third kappa shape index (κ3) is 3.89. The Morgan fingerprint density at radius 1 is 1.24 bits per heavy atom. The number of amides is 1. The average Bonchev–Trinajstić information content (AvgIpc) is 3.43. The number of nitrogens with one attached hydrogen (secondary N) is 2. The average molecular weight is 474 g/mol. The Bertz CT molecular complexity index is 1450. The van der Waals surface area contributed by atoms with E-state index in [2.05, 4.69) is 28.8 Å². The molecule has 2 aromatic heterocycles. The Morgan fingerprint density at radius 2 is 2.00 bits per heavy atom. The Balaban J connectivity index is 1.43. The maximum absolute atomic E-state index is 13.1. The van der Waals surface area contributed by atoms with Gasteiger partial charge in [0.15, 0.2) is 0 Å². The molecular formula is C25H21N4O4S+. The molecule has 2 heterocycles. The minimum atomic E-state index is -0.808. The molecule has 8 nitrogen and oxygen atoms in total. The first kappa shape index (κ1) is 21.7. The predicted octanol–water partition coefficient (Wildman–Crippen LogP) is 3.71. The molecule has 2 aromatic carbocycles. The summed E-state index contributed by atoms with van der Waals surface area (Å²) in [5.74, 6) is 0.356. The minimum Gasteiger partial charge on any atom is -0.497 e. The van der Waals surface area contributed by atoms with E-state index >= 15 is 0 Å². The first-order chi connectivity index (χ1) is 16.6. The largest absolute Gasteiger partial charge is 0.497 e. The normalized spacial score (nSPS) is 14.8. The highest BCUT2D eigenvalue weighted by atomic mass is 32.1. The molecule has 0 saturated carbocycles. The van der Waals surface area contributed by atoms with Gasteiger partial charge < -0.3 is 10.1 Å². The lowest BCUT2D eigenvalue weighted by molar-refractivity contribution is -0.672. The molecule has 4 aromatic rings. The highest BCUT2D eigenvalue weighted by molar-refractivity contribution is 7.16. The monoisotopic (exact) mass is 473 g/mol. The standard InChI is InChI=1S/C25H20N4O4S/c1-32-18-10-8-17(9-11-18)29-22(25(31)33-28-29)23(30)27-24-20(14-26)19-12-7-16(13-21(19)34-24)15-5-3-2-4-6-15/h2-6,8-11,16H,7,12-13H2,1H3,(H-,27,28,30,31)/p+1. The van der Waals surface area contributed by atoms with E-state index in [-0.39, 0.29) is 5.69 Å². The molecule has 0 saturated heterocycles. The third-order valence-electron chi connectivity index (χ3n) is 6.07. The van der Waals surface area contributed by atoms with E-state index in [1.807, 2.05) is 18.2 Å². The molecule has 9 heteroatoms. The van der Waals surface area contributed by atoms with Crippen LogP contribution in [0.4, 0.5) is 5.00 Å². The number of hydrogen-bond acceptors (Lipinski definition) is 6. The number of H-pyrrole nitrogens is 1. The van der Waals surface area contributed by atoms with E-state index in [4.69, 9.17) is 9.26 Å². The number of fused-ring (bicyclic) bond motifs is 1. The van der Waals surface area contributed by atoms with Crippen molar-refractivity contribution < 1.29 is 18.7 Å². The Hall–Kier alpha value is -4.16. The summed E-state index contributed by atoms with van der Waals surface area (Å²) in [6.07, 6.45) is 2.52. The lowest BCUT2D eigenvalue weighted by Gasteiger charge is -2.22. The van der Waals surface area contributed by atoms with E-state index in [1.54, 1.807) is 31.4 Å². The summed E-state index contributed by atoms with van der Waals surface area (Å²) in [5, 5.41) is 15.5. The maximum atomic E-state index is 13.1. The zero-order valence-electron chi connectivity index (χ0n) is 18.3. The zero-order chi connectivity index (χ0) is 23.7. The van der Waals surface area contributed by atoms with Crippen LogP contribution < -0.4 is 20.4 Å². The summed E-state index contributed by atoms with van der Waals surface area (Å²) < 4.78 is 11.3. The van der Waals surface area contributed by atoms with Crippen molar-refractivity contribution in [1.29, 1.82) is 5.26 Å². The fraction of sp³-hybridized carbons (Fsp3) is 0.200. The van der Waals surface area contributed by atoms with E-state index in [0.29, 0.717) is 27.9 Å². The summed E-state index contributed by atoms with van der Waals surface area (Å²) in [5.41, 5.74) is 2.22. The minimum absolute atomic E-state index is 0.220. The van der Waals surface area contributed by atoms with E-state index in [1.165, 1.54) is 21.6 Å². The Labute approximate surface area is 199 Å². The number of methoxy groups -OCH3 is 1. The van der Waals surface area contributed by atoms with Crippen LogP contribution in [0.25, 0.3) is 5.69 Å². The lowest BCUT2D eigenvalue weighted by atomic mass is 9.83. The van der Waals surface area contributed by atoms with Crippen LogP contribution >= 0.6 is 11.3 Å². The van der Waals surface area contributed by atoms with Gasteiger partial charge in [-0.05, 0) is 58.4 Å². The first-order valence-corrected chi connectivity index (χ1v) is 11.6. The van der Waals surface area contributed by atoms with E-state index < -0.39 is 11.5 Å². The second kappa shape index (κ2) is 9.00. The molecule has 1 aliphatic carbocycles. The number of carbonyl (C=O) groups excluding carboxylic acids is 1. The lowest BCUT2D eigenvalue weighted by Crippen LogP contribution is -2.42. The quantitative estimate of drug-likeness (QED) is 0.429. The van der Waals surface area contributed by atoms with Gasteiger partial charge in [-0.1, -0.05) is 30.3 Å². The molecule has 34 heavy (non-hydrogen) atoms. The molecule has 1 unspecified atom stereocenters. The van der Waals surface area contributed by atoms with Crippen LogP contribution in [0.5, 0.6) is 5.75 Å². The Kier molecular flexibility index (Phi) is 5.74. The van der Waals surface area contributed by atoms with Crippen molar-refractivity contribution >= 4 is 22.2 Å². The number of nitriles is 1. The second-order valence-electron chi connectivity index (χ2n) is 7.99. The fourth-order valence-electron chi connectivity index (χ4n) is 4.34. The molecule has 170 valence electrons. The number of aromatic nitrogens is 2. The van der Waals surface area contributed by atoms with Gasteiger partial charge in [0, 0.05) is 17.0 Å². The van der Waals surface area contributed by atoms with Crippen molar-refractivity contribution in [2.75, 3.05) is 12.4 Å².